The molecule has 0 aliphatic rings. The van der Waals surface area contributed by atoms with Gasteiger partial charge in [0.2, 0.25) is 0 Å². The summed E-state index contributed by atoms with van der Waals surface area (Å²) >= 11 is 0. The molecule has 4 nitrogen and oxygen atoms in total. The maximum Gasteiger partial charge on any atom is 0.257 e. The van der Waals surface area contributed by atoms with E-state index in [0.29, 0.717) is 13.1 Å². The minimum absolute atomic E-state index is 0.00732. The number of ether oxygens (including phenoxy) is 1. The van der Waals surface area contributed by atoms with Gasteiger partial charge in [-0.2, -0.15) is 0 Å². The van der Waals surface area contributed by atoms with Gasteiger partial charge >= 0.3 is 0 Å². The Labute approximate surface area is 115 Å². The summed E-state index contributed by atoms with van der Waals surface area (Å²) in [6.07, 6.45) is 0.782. The molecule has 1 rings (SSSR count). The standard InChI is InChI=1S/C15H24N2O2/c1-15(2,3)12-7-4-5-8-13(12)19-11-14(18)17-10-6-9-16/h4-5,7-8H,6,9-11,16H2,1-3H3,(H,17,18). The van der Waals surface area contributed by atoms with Gasteiger partial charge in [0.1, 0.15) is 5.75 Å². The fourth-order valence-corrected chi connectivity index (χ4v) is 1.74. The van der Waals surface area contributed by atoms with Crippen molar-refractivity contribution in [2.75, 3.05) is 19.7 Å². The Morgan fingerprint density at radius 3 is 2.63 bits per heavy atom. The van der Waals surface area contributed by atoms with Crippen molar-refractivity contribution < 1.29 is 9.53 Å². The molecule has 0 atom stereocenters. The molecule has 0 radical (unpaired) electrons. The van der Waals surface area contributed by atoms with Crippen LogP contribution in [0, 0.1) is 0 Å². The highest BCUT2D eigenvalue weighted by molar-refractivity contribution is 5.77. The highest BCUT2D eigenvalue weighted by atomic mass is 16.5. The summed E-state index contributed by atoms with van der Waals surface area (Å²) in [6.45, 7) is 7.58. The van der Waals surface area contributed by atoms with Crippen molar-refractivity contribution in [3.63, 3.8) is 0 Å². The number of nitrogens with one attached hydrogen (secondary N) is 1. The van der Waals surface area contributed by atoms with Gasteiger partial charge in [0.15, 0.2) is 6.61 Å². The first-order chi connectivity index (χ1) is 8.95. The molecular weight excluding hydrogens is 240 g/mol. The Kier molecular flexibility index (Phi) is 5.83. The number of rotatable bonds is 6. The fourth-order valence-electron chi connectivity index (χ4n) is 1.74. The van der Waals surface area contributed by atoms with Crippen molar-refractivity contribution in [1.82, 2.24) is 5.32 Å². The Hall–Kier alpha value is -1.55. The number of nitrogens with two attached hydrogens (primary N) is 1. The summed E-state index contributed by atoms with van der Waals surface area (Å²) < 4.78 is 5.61. The Morgan fingerprint density at radius 2 is 2.00 bits per heavy atom. The van der Waals surface area contributed by atoms with E-state index >= 15 is 0 Å². The fraction of sp³-hybridized carbons (Fsp3) is 0.533. The summed E-state index contributed by atoms with van der Waals surface area (Å²) in [6, 6.07) is 7.82. The molecule has 1 aromatic carbocycles. The zero-order chi connectivity index (χ0) is 14.3. The lowest BCUT2D eigenvalue weighted by molar-refractivity contribution is -0.123. The largest absolute Gasteiger partial charge is 0.483 e. The number of benzene rings is 1. The highest BCUT2D eigenvalue weighted by Gasteiger charge is 2.18. The number of amides is 1. The van der Waals surface area contributed by atoms with E-state index < -0.39 is 0 Å². The van der Waals surface area contributed by atoms with Crippen LogP contribution in [-0.4, -0.2) is 25.6 Å². The van der Waals surface area contributed by atoms with Crippen LogP contribution in [0.1, 0.15) is 32.8 Å². The van der Waals surface area contributed by atoms with E-state index in [1.54, 1.807) is 0 Å². The summed E-state index contributed by atoms with van der Waals surface area (Å²) in [4.78, 5) is 11.6. The highest BCUT2D eigenvalue weighted by Crippen LogP contribution is 2.30. The molecule has 106 valence electrons. The van der Waals surface area contributed by atoms with Crippen LogP contribution in [0.3, 0.4) is 0 Å². The van der Waals surface area contributed by atoms with Gasteiger partial charge in [0, 0.05) is 6.54 Å². The van der Waals surface area contributed by atoms with Gasteiger partial charge in [-0.25, -0.2) is 0 Å². The first-order valence-electron chi connectivity index (χ1n) is 6.64. The molecule has 0 fully saturated rings. The van der Waals surface area contributed by atoms with Crippen molar-refractivity contribution in [2.45, 2.75) is 32.6 Å². The summed E-state index contributed by atoms with van der Waals surface area (Å²) in [5.74, 6) is 0.654. The van der Waals surface area contributed by atoms with Crippen LogP contribution in [0.25, 0.3) is 0 Å². The monoisotopic (exact) mass is 264 g/mol. The number of hydrogen-bond acceptors (Lipinski definition) is 3. The molecule has 1 amide bonds. The van der Waals surface area contributed by atoms with E-state index in [4.69, 9.17) is 10.5 Å². The molecule has 0 heterocycles. The smallest absolute Gasteiger partial charge is 0.257 e. The molecule has 0 bridgehead atoms. The second kappa shape index (κ2) is 7.14. The van der Waals surface area contributed by atoms with Crippen LogP contribution in [0.2, 0.25) is 0 Å². The van der Waals surface area contributed by atoms with Crippen molar-refractivity contribution in [1.29, 1.82) is 0 Å². The first-order valence-corrected chi connectivity index (χ1v) is 6.64. The van der Waals surface area contributed by atoms with Crippen molar-refractivity contribution in [3.8, 4) is 5.75 Å². The first kappa shape index (κ1) is 15.5. The maximum absolute atomic E-state index is 11.6. The summed E-state index contributed by atoms with van der Waals surface area (Å²) in [5.41, 5.74) is 6.46. The third-order valence-electron chi connectivity index (χ3n) is 2.76. The van der Waals surface area contributed by atoms with Crippen LogP contribution in [-0.2, 0) is 10.2 Å². The minimum Gasteiger partial charge on any atom is -0.483 e. The Morgan fingerprint density at radius 1 is 1.32 bits per heavy atom. The average molecular weight is 264 g/mol. The molecule has 0 aromatic heterocycles. The molecule has 4 heteroatoms. The number of hydrogen-bond donors (Lipinski definition) is 2. The van der Waals surface area contributed by atoms with Gasteiger partial charge in [0.05, 0.1) is 0 Å². The van der Waals surface area contributed by atoms with E-state index in [1.165, 1.54) is 0 Å². The second-order valence-electron chi connectivity index (χ2n) is 5.53. The predicted molar refractivity (Wildman–Crippen MR) is 77.3 cm³/mol. The molecule has 0 aliphatic carbocycles. The number of carbonyl (C=O) groups is 1. The topological polar surface area (TPSA) is 64.3 Å². The molecule has 19 heavy (non-hydrogen) atoms. The lowest BCUT2D eigenvalue weighted by atomic mass is 9.86. The zero-order valence-electron chi connectivity index (χ0n) is 12.0. The Balaban J connectivity index is 2.56. The van der Waals surface area contributed by atoms with Gasteiger partial charge < -0.3 is 15.8 Å². The number of carbonyl (C=O) groups excluding carboxylic acids is 1. The molecular formula is C15H24N2O2. The molecule has 0 saturated heterocycles. The minimum atomic E-state index is -0.114. The van der Waals surface area contributed by atoms with Crippen LogP contribution >= 0.6 is 0 Å². The maximum atomic E-state index is 11.6. The van der Waals surface area contributed by atoms with Crippen LogP contribution < -0.4 is 15.8 Å². The summed E-state index contributed by atoms with van der Waals surface area (Å²) in [7, 11) is 0. The van der Waals surface area contributed by atoms with Gasteiger partial charge in [-0.15, -0.1) is 0 Å². The third kappa shape index (κ3) is 5.30. The van der Waals surface area contributed by atoms with Crippen molar-refractivity contribution in [3.05, 3.63) is 29.8 Å². The Bertz CT molecular complexity index is 411. The number of para-hydroxylation sites is 1. The van der Waals surface area contributed by atoms with E-state index in [0.717, 1.165) is 17.7 Å². The van der Waals surface area contributed by atoms with Crippen molar-refractivity contribution in [2.24, 2.45) is 5.73 Å². The normalized spacial score (nSPS) is 11.2. The third-order valence-corrected chi connectivity index (χ3v) is 2.76. The van der Waals surface area contributed by atoms with Gasteiger partial charge in [-0.05, 0) is 30.0 Å². The van der Waals surface area contributed by atoms with Crippen LogP contribution in [0.4, 0.5) is 0 Å². The van der Waals surface area contributed by atoms with Crippen LogP contribution in [0.5, 0.6) is 5.75 Å². The predicted octanol–water partition coefficient (Wildman–Crippen LogP) is 1.83. The lowest BCUT2D eigenvalue weighted by Gasteiger charge is -2.22. The average Bonchev–Trinajstić information content (AvgIpc) is 2.36. The van der Waals surface area contributed by atoms with Gasteiger partial charge in [0.25, 0.3) is 5.91 Å². The van der Waals surface area contributed by atoms with E-state index in [9.17, 15) is 4.79 Å². The molecule has 0 unspecified atom stereocenters. The summed E-state index contributed by atoms with van der Waals surface area (Å²) in [5, 5.41) is 2.77. The van der Waals surface area contributed by atoms with E-state index in [2.05, 4.69) is 26.1 Å². The quantitative estimate of drug-likeness (QED) is 0.770. The molecule has 0 saturated carbocycles. The van der Waals surface area contributed by atoms with Crippen molar-refractivity contribution >= 4 is 5.91 Å². The molecule has 1 aromatic rings. The van der Waals surface area contributed by atoms with E-state index in [-0.39, 0.29) is 17.9 Å². The zero-order valence-corrected chi connectivity index (χ0v) is 12.0. The molecule has 3 N–H and O–H groups in total. The SMILES string of the molecule is CC(C)(C)c1ccccc1OCC(=O)NCCCN. The lowest BCUT2D eigenvalue weighted by Crippen LogP contribution is -2.31. The van der Waals surface area contributed by atoms with Gasteiger partial charge in [-0.1, -0.05) is 39.0 Å². The van der Waals surface area contributed by atoms with Crippen LogP contribution in [0.15, 0.2) is 24.3 Å². The van der Waals surface area contributed by atoms with Gasteiger partial charge in [-0.3, -0.25) is 4.79 Å². The van der Waals surface area contributed by atoms with E-state index in [1.807, 2.05) is 24.3 Å². The molecule has 0 aliphatic heterocycles. The molecule has 0 spiro atoms. The second-order valence-corrected chi connectivity index (χ2v) is 5.53.